The summed E-state index contributed by atoms with van der Waals surface area (Å²) < 4.78 is 0. The average Bonchev–Trinajstić information content (AvgIpc) is 2.73. The van der Waals surface area contributed by atoms with Crippen LogP contribution in [0.25, 0.3) is 22.3 Å². The molecule has 32 heavy (non-hydrogen) atoms. The Hall–Kier alpha value is -2.52. The molecule has 0 N–H and O–H groups in total. The highest BCUT2D eigenvalue weighted by Crippen LogP contribution is 2.47. The number of amides is 1. The Morgan fingerprint density at radius 2 is 1.16 bits per heavy atom. The van der Waals surface area contributed by atoms with Crippen molar-refractivity contribution in [1.82, 2.24) is 4.90 Å². The van der Waals surface area contributed by atoms with E-state index >= 15 is 0 Å². The quantitative estimate of drug-likeness (QED) is 0.366. The second-order valence-corrected chi connectivity index (χ2v) is 10.3. The first-order chi connectivity index (χ1) is 15.1. The Morgan fingerprint density at radius 3 is 1.53 bits per heavy atom. The fourth-order valence-corrected chi connectivity index (χ4v) is 5.46. The molecule has 0 spiro atoms. The maximum atomic E-state index is 13.0. The zero-order valence-electron chi connectivity index (χ0n) is 20.6. The summed E-state index contributed by atoms with van der Waals surface area (Å²) in [4.78, 5) is 15.8. The molecule has 0 aliphatic carbocycles. The van der Waals surface area contributed by atoms with Gasteiger partial charge in [-0.2, -0.15) is 0 Å². The third-order valence-corrected chi connectivity index (χ3v) is 7.09. The predicted molar refractivity (Wildman–Crippen MR) is 140 cm³/mol. The van der Waals surface area contributed by atoms with Gasteiger partial charge in [0.2, 0.25) is 0 Å². The zero-order valence-corrected chi connectivity index (χ0v) is 21.4. The van der Waals surface area contributed by atoms with Crippen molar-refractivity contribution in [2.45, 2.75) is 58.3 Å². The lowest BCUT2D eigenvalue weighted by molar-refractivity contribution is 0.241. The van der Waals surface area contributed by atoms with Crippen LogP contribution in [0.2, 0.25) is 0 Å². The lowest BCUT2D eigenvalue weighted by Gasteiger charge is -2.25. The number of benzene rings is 3. The molecular formula is C29H35NOS. The summed E-state index contributed by atoms with van der Waals surface area (Å²) in [6.07, 6.45) is 0. The SMILES string of the molecule is Cc1cc(C)c(-c2ccccc2C(C)C)c(SC(=O)N(C)C)c1-c1ccccc1C(C)C. The van der Waals surface area contributed by atoms with Crippen molar-refractivity contribution in [3.8, 4) is 22.3 Å². The molecule has 0 atom stereocenters. The highest BCUT2D eigenvalue weighted by atomic mass is 32.2. The normalized spacial score (nSPS) is 11.3. The minimum atomic E-state index is 0.0431. The highest BCUT2D eigenvalue weighted by Gasteiger charge is 2.24. The van der Waals surface area contributed by atoms with Gasteiger partial charge in [0.1, 0.15) is 0 Å². The minimum absolute atomic E-state index is 0.0431. The molecule has 0 unspecified atom stereocenters. The molecule has 0 aromatic heterocycles. The maximum Gasteiger partial charge on any atom is 0.285 e. The van der Waals surface area contributed by atoms with E-state index in [1.165, 1.54) is 56.3 Å². The molecule has 0 fully saturated rings. The molecule has 3 rings (SSSR count). The van der Waals surface area contributed by atoms with Gasteiger partial charge < -0.3 is 4.90 Å². The molecule has 1 amide bonds. The molecule has 0 aliphatic heterocycles. The van der Waals surface area contributed by atoms with E-state index in [1.807, 2.05) is 14.1 Å². The summed E-state index contributed by atoms with van der Waals surface area (Å²) in [6, 6.07) is 19.5. The second kappa shape index (κ2) is 9.95. The van der Waals surface area contributed by atoms with Gasteiger partial charge in [-0.15, -0.1) is 0 Å². The van der Waals surface area contributed by atoms with Gasteiger partial charge in [-0.05, 0) is 82.0 Å². The third kappa shape index (κ3) is 4.78. The van der Waals surface area contributed by atoms with Gasteiger partial charge >= 0.3 is 0 Å². The maximum absolute atomic E-state index is 13.0. The van der Waals surface area contributed by atoms with Crippen molar-refractivity contribution >= 4 is 17.0 Å². The van der Waals surface area contributed by atoms with E-state index in [1.54, 1.807) is 4.90 Å². The lowest BCUT2D eigenvalue weighted by Crippen LogP contribution is -2.16. The number of nitrogens with zero attached hydrogens (tertiary/aromatic N) is 1. The predicted octanol–water partition coefficient (Wildman–Crippen LogP) is 8.66. The Bertz CT molecular complexity index is 1050. The summed E-state index contributed by atoms with van der Waals surface area (Å²) in [5.41, 5.74) is 9.81. The number of thioether (sulfide) groups is 1. The number of hydrogen-bond acceptors (Lipinski definition) is 2. The second-order valence-electron chi connectivity index (χ2n) is 9.34. The van der Waals surface area contributed by atoms with Gasteiger partial charge in [-0.1, -0.05) is 82.3 Å². The average molecular weight is 446 g/mol. The van der Waals surface area contributed by atoms with Crippen molar-refractivity contribution < 1.29 is 4.79 Å². The molecule has 3 heteroatoms. The molecule has 2 nitrogen and oxygen atoms in total. The van der Waals surface area contributed by atoms with Crippen LogP contribution < -0.4 is 0 Å². The minimum Gasteiger partial charge on any atom is -0.339 e. The van der Waals surface area contributed by atoms with Gasteiger partial charge in [0.05, 0.1) is 0 Å². The van der Waals surface area contributed by atoms with Crippen LogP contribution >= 0.6 is 11.8 Å². The van der Waals surface area contributed by atoms with Crippen molar-refractivity contribution in [2.75, 3.05) is 14.1 Å². The van der Waals surface area contributed by atoms with E-state index in [4.69, 9.17) is 0 Å². The molecule has 0 bridgehead atoms. The Balaban J connectivity index is 2.45. The molecule has 3 aromatic rings. The number of carbonyl (C=O) groups excluding carboxylic acids is 1. The molecular weight excluding hydrogens is 410 g/mol. The fraction of sp³-hybridized carbons (Fsp3) is 0.345. The smallest absolute Gasteiger partial charge is 0.285 e. The van der Waals surface area contributed by atoms with Crippen LogP contribution in [0.1, 0.15) is 61.8 Å². The first-order valence-corrected chi connectivity index (χ1v) is 12.2. The number of carbonyl (C=O) groups is 1. The van der Waals surface area contributed by atoms with Crippen LogP contribution in [-0.4, -0.2) is 24.2 Å². The summed E-state index contributed by atoms with van der Waals surface area (Å²) in [5, 5.41) is 0.0431. The van der Waals surface area contributed by atoms with Crippen LogP contribution in [0.4, 0.5) is 4.79 Å². The first kappa shape index (κ1) is 24.1. The highest BCUT2D eigenvalue weighted by molar-refractivity contribution is 8.13. The van der Waals surface area contributed by atoms with Crippen LogP contribution in [0.15, 0.2) is 59.5 Å². The molecule has 0 saturated carbocycles. The van der Waals surface area contributed by atoms with Crippen LogP contribution in [0.5, 0.6) is 0 Å². The van der Waals surface area contributed by atoms with E-state index in [2.05, 4.69) is 96.1 Å². The van der Waals surface area contributed by atoms with Gasteiger partial charge in [-0.3, -0.25) is 4.79 Å². The molecule has 0 saturated heterocycles. The molecule has 3 aromatic carbocycles. The number of hydrogen-bond donors (Lipinski definition) is 0. The van der Waals surface area contributed by atoms with E-state index in [0.717, 1.165) is 4.90 Å². The van der Waals surface area contributed by atoms with E-state index in [0.29, 0.717) is 11.8 Å². The molecule has 168 valence electrons. The van der Waals surface area contributed by atoms with E-state index in [-0.39, 0.29) is 5.24 Å². The van der Waals surface area contributed by atoms with Gasteiger partial charge in [0.25, 0.3) is 5.24 Å². The van der Waals surface area contributed by atoms with Crippen LogP contribution in [0.3, 0.4) is 0 Å². The van der Waals surface area contributed by atoms with Gasteiger partial charge in [0.15, 0.2) is 0 Å². The molecule has 0 heterocycles. The Morgan fingerprint density at radius 1 is 0.750 bits per heavy atom. The number of aryl methyl sites for hydroxylation is 2. The molecule has 0 radical (unpaired) electrons. The standard InChI is InChI=1S/C29H35NOS/c1-18(2)22-13-9-11-15-24(22)26-20(5)17-21(6)27(28(26)32-29(31)30(7)8)25-16-12-10-14-23(25)19(3)4/h9-19H,1-8H3. The number of rotatable bonds is 5. The Kier molecular flexibility index (Phi) is 7.51. The zero-order chi connectivity index (χ0) is 23.6. The summed E-state index contributed by atoms with van der Waals surface area (Å²) in [7, 11) is 3.64. The third-order valence-electron chi connectivity index (χ3n) is 5.93. The monoisotopic (exact) mass is 445 g/mol. The lowest BCUT2D eigenvalue weighted by atomic mass is 9.85. The van der Waals surface area contributed by atoms with Crippen molar-refractivity contribution in [2.24, 2.45) is 0 Å². The van der Waals surface area contributed by atoms with Gasteiger partial charge in [-0.25, -0.2) is 0 Å². The van der Waals surface area contributed by atoms with Crippen LogP contribution in [0, 0.1) is 13.8 Å². The van der Waals surface area contributed by atoms with Crippen molar-refractivity contribution in [3.05, 3.63) is 76.9 Å². The van der Waals surface area contributed by atoms with E-state index in [9.17, 15) is 4.79 Å². The summed E-state index contributed by atoms with van der Waals surface area (Å²) in [6.45, 7) is 13.3. The van der Waals surface area contributed by atoms with E-state index < -0.39 is 0 Å². The fourth-order valence-electron chi connectivity index (χ4n) is 4.36. The van der Waals surface area contributed by atoms with Gasteiger partial charge in [0, 0.05) is 19.0 Å². The molecule has 0 aliphatic rings. The Labute approximate surface area is 198 Å². The van der Waals surface area contributed by atoms with Crippen molar-refractivity contribution in [1.29, 1.82) is 0 Å². The van der Waals surface area contributed by atoms with Crippen molar-refractivity contribution in [3.63, 3.8) is 0 Å². The summed E-state index contributed by atoms with van der Waals surface area (Å²) >= 11 is 1.35. The topological polar surface area (TPSA) is 20.3 Å². The summed E-state index contributed by atoms with van der Waals surface area (Å²) in [5.74, 6) is 0.779. The first-order valence-electron chi connectivity index (χ1n) is 11.3. The van der Waals surface area contributed by atoms with Crippen LogP contribution in [-0.2, 0) is 0 Å². The largest absolute Gasteiger partial charge is 0.339 e.